The Morgan fingerprint density at radius 2 is 2.16 bits per heavy atom. The van der Waals surface area contributed by atoms with Crippen molar-refractivity contribution in [2.75, 3.05) is 6.54 Å². The highest BCUT2D eigenvalue weighted by Gasteiger charge is 2.28. The van der Waals surface area contributed by atoms with E-state index in [1.54, 1.807) is 0 Å². The van der Waals surface area contributed by atoms with E-state index in [0.29, 0.717) is 11.8 Å². The second-order valence-electron chi connectivity index (χ2n) is 6.33. The van der Waals surface area contributed by atoms with Gasteiger partial charge in [0.15, 0.2) is 0 Å². The number of aromatic nitrogens is 2. The second kappa shape index (κ2) is 5.58. The summed E-state index contributed by atoms with van der Waals surface area (Å²) in [5.41, 5.74) is 8.42. The summed E-state index contributed by atoms with van der Waals surface area (Å²) in [7, 11) is 0. The van der Waals surface area contributed by atoms with Gasteiger partial charge in [0, 0.05) is 17.8 Å². The zero-order valence-electron chi connectivity index (χ0n) is 11.9. The molecule has 3 atom stereocenters. The van der Waals surface area contributed by atoms with E-state index in [1.807, 2.05) is 0 Å². The van der Waals surface area contributed by atoms with Gasteiger partial charge in [-0.1, -0.05) is 13.3 Å². The first-order valence-electron chi connectivity index (χ1n) is 7.84. The van der Waals surface area contributed by atoms with Crippen LogP contribution in [0.2, 0.25) is 0 Å². The Balaban J connectivity index is 1.75. The van der Waals surface area contributed by atoms with Crippen molar-refractivity contribution in [3.8, 4) is 0 Å². The van der Waals surface area contributed by atoms with Crippen molar-refractivity contribution in [1.29, 1.82) is 0 Å². The zero-order valence-corrected chi connectivity index (χ0v) is 11.9. The minimum Gasteiger partial charge on any atom is -0.330 e. The number of hydrogen-bond donors (Lipinski definition) is 1. The van der Waals surface area contributed by atoms with Crippen molar-refractivity contribution in [3.63, 3.8) is 0 Å². The van der Waals surface area contributed by atoms with Crippen LogP contribution >= 0.6 is 0 Å². The molecule has 0 radical (unpaired) electrons. The molecule has 2 N–H and O–H groups in total. The first kappa shape index (κ1) is 13.0. The molecule has 0 amide bonds. The van der Waals surface area contributed by atoms with Crippen LogP contribution in [-0.2, 0) is 12.8 Å². The number of rotatable bonds is 3. The van der Waals surface area contributed by atoms with Gasteiger partial charge < -0.3 is 5.73 Å². The average molecular weight is 259 g/mol. The molecule has 1 aromatic rings. The summed E-state index contributed by atoms with van der Waals surface area (Å²) in [6.07, 6.45) is 10.7. The first-order chi connectivity index (χ1) is 9.30. The quantitative estimate of drug-likeness (QED) is 0.908. The Kier molecular flexibility index (Phi) is 3.83. The van der Waals surface area contributed by atoms with Gasteiger partial charge in [-0.25, -0.2) is 9.97 Å². The maximum atomic E-state index is 5.78. The highest BCUT2D eigenvalue weighted by Crippen LogP contribution is 2.38. The molecule has 0 aromatic carbocycles. The lowest BCUT2D eigenvalue weighted by Gasteiger charge is -2.23. The van der Waals surface area contributed by atoms with Crippen LogP contribution in [-0.4, -0.2) is 16.5 Å². The maximum absolute atomic E-state index is 5.78. The summed E-state index contributed by atoms with van der Waals surface area (Å²) in [5, 5.41) is 0. The van der Waals surface area contributed by atoms with E-state index in [0.717, 1.165) is 31.1 Å². The largest absolute Gasteiger partial charge is 0.330 e. The van der Waals surface area contributed by atoms with Crippen LogP contribution in [0.5, 0.6) is 0 Å². The molecule has 3 rings (SSSR count). The summed E-state index contributed by atoms with van der Waals surface area (Å²) in [6, 6.07) is 0. The fourth-order valence-corrected chi connectivity index (χ4v) is 3.68. The predicted molar refractivity (Wildman–Crippen MR) is 77.0 cm³/mol. The van der Waals surface area contributed by atoms with Gasteiger partial charge in [0.1, 0.15) is 5.82 Å². The first-order valence-corrected chi connectivity index (χ1v) is 7.84. The Bertz CT molecular complexity index is 444. The van der Waals surface area contributed by atoms with E-state index >= 15 is 0 Å². The van der Waals surface area contributed by atoms with E-state index in [9.17, 15) is 0 Å². The van der Waals surface area contributed by atoms with Gasteiger partial charge >= 0.3 is 0 Å². The molecule has 3 nitrogen and oxygen atoms in total. The topological polar surface area (TPSA) is 51.8 Å². The molecule has 0 bridgehead atoms. The molecule has 3 unspecified atom stereocenters. The summed E-state index contributed by atoms with van der Waals surface area (Å²) >= 11 is 0. The van der Waals surface area contributed by atoms with Crippen LogP contribution in [0.15, 0.2) is 6.20 Å². The molecular weight excluding hydrogens is 234 g/mol. The lowest BCUT2D eigenvalue weighted by Crippen LogP contribution is -2.23. The van der Waals surface area contributed by atoms with Crippen molar-refractivity contribution < 1.29 is 0 Å². The standard InChI is InChI=1S/C16H25N3/c1-2-11-3-5-13(7-11)16-18-10-14-8-12(9-17)4-6-15(14)19-16/h10-13H,2-9,17H2,1H3. The molecule has 1 heterocycles. The molecule has 0 aliphatic heterocycles. The van der Waals surface area contributed by atoms with Gasteiger partial charge in [-0.05, 0) is 62.5 Å². The van der Waals surface area contributed by atoms with Crippen molar-refractivity contribution in [1.82, 2.24) is 9.97 Å². The number of aryl methyl sites for hydroxylation is 1. The fourth-order valence-electron chi connectivity index (χ4n) is 3.68. The highest BCUT2D eigenvalue weighted by atomic mass is 14.9. The molecule has 104 valence electrons. The molecule has 0 spiro atoms. The normalized spacial score (nSPS) is 30.3. The Labute approximate surface area is 116 Å². The third-order valence-electron chi connectivity index (χ3n) is 5.09. The molecule has 1 aromatic heterocycles. The highest BCUT2D eigenvalue weighted by molar-refractivity contribution is 5.22. The van der Waals surface area contributed by atoms with E-state index in [2.05, 4.69) is 18.1 Å². The maximum Gasteiger partial charge on any atom is 0.131 e. The van der Waals surface area contributed by atoms with Crippen LogP contribution in [0.3, 0.4) is 0 Å². The lowest BCUT2D eigenvalue weighted by molar-refractivity contribution is 0.457. The van der Waals surface area contributed by atoms with E-state index < -0.39 is 0 Å². The average Bonchev–Trinajstić information content (AvgIpc) is 2.95. The number of nitrogens with zero attached hydrogens (tertiary/aromatic N) is 2. The Morgan fingerprint density at radius 3 is 2.89 bits per heavy atom. The number of hydrogen-bond acceptors (Lipinski definition) is 3. The van der Waals surface area contributed by atoms with Gasteiger partial charge in [0.2, 0.25) is 0 Å². The molecule has 2 aliphatic carbocycles. The molecule has 0 saturated heterocycles. The molecule has 1 fully saturated rings. The molecule has 19 heavy (non-hydrogen) atoms. The van der Waals surface area contributed by atoms with E-state index in [-0.39, 0.29) is 0 Å². The third kappa shape index (κ3) is 2.66. The van der Waals surface area contributed by atoms with Crippen LogP contribution in [0.1, 0.15) is 62.0 Å². The van der Waals surface area contributed by atoms with Crippen LogP contribution < -0.4 is 5.73 Å². The van der Waals surface area contributed by atoms with Gasteiger partial charge in [-0.3, -0.25) is 0 Å². The number of nitrogens with two attached hydrogens (primary N) is 1. The van der Waals surface area contributed by atoms with Gasteiger partial charge in [-0.15, -0.1) is 0 Å². The minimum atomic E-state index is 0.613. The van der Waals surface area contributed by atoms with Crippen molar-refractivity contribution in [3.05, 3.63) is 23.3 Å². The van der Waals surface area contributed by atoms with Crippen molar-refractivity contribution >= 4 is 0 Å². The smallest absolute Gasteiger partial charge is 0.131 e. The Hall–Kier alpha value is -0.960. The van der Waals surface area contributed by atoms with Crippen LogP contribution in [0.25, 0.3) is 0 Å². The SMILES string of the molecule is CCC1CCC(c2ncc3c(n2)CCC(CN)C3)C1. The number of fused-ring (bicyclic) bond motifs is 1. The van der Waals surface area contributed by atoms with E-state index in [4.69, 9.17) is 10.7 Å². The summed E-state index contributed by atoms with van der Waals surface area (Å²) in [6.45, 7) is 3.09. The second-order valence-corrected chi connectivity index (χ2v) is 6.33. The molecular formula is C16H25N3. The van der Waals surface area contributed by atoms with Gasteiger partial charge in [0.05, 0.1) is 0 Å². The summed E-state index contributed by atoms with van der Waals surface area (Å²) in [5.74, 6) is 3.26. The predicted octanol–water partition coefficient (Wildman–Crippen LogP) is 2.83. The molecule has 1 saturated carbocycles. The monoisotopic (exact) mass is 259 g/mol. The van der Waals surface area contributed by atoms with Crippen LogP contribution in [0.4, 0.5) is 0 Å². The zero-order chi connectivity index (χ0) is 13.2. The van der Waals surface area contributed by atoms with Crippen molar-refractivity contribution in [2.45, 2.75) is 57.8 Å². The van der Waals surface area contributed by atoms with Gasteiger partial charge in [0.25, 0.3) is 0 Å². The summed E-state index contributed by atoms with van der Waals surface area (Å²) in [4.78, 5) is 9.54. The lowest BCUT2D eigenvalue weighted by atomic mass is 9.87. The Morgan fingerprint density at radius 1 is 1.26 bits per heavy atom. The minimum absolute atomic E-state index is 0.613. The van der Waals surface area contributed by atoms with E-state index in [1.165, 1.54) is 43.4 Å². The fraction of sp³-hybridized carbons (Fsp3) is 0.750. The van der Waals surface area contributed by atoms with Crippen LogP contribution in [0, 0.1) is 11.8 Å². The molecule has 2 aliphatic rings. The van der Waals surface area contributed by atoms with Gasteiger partial charge in [-0.2, -0.15) is 0 Å². The molecule has 3 heteroatoms. The third-order valence-corrected chi connectivity index (χ3v) is 5.09. The summed E-state index contributed by atoms with van der Waals surface area (Å²) < 4.78 is 0. The van der Waals surface area contributed by atoms with Crippen molar-refractivity contribution in [2.24, 2.45) is 17.6 Å².